The lowest BCUT2D eigenvalue weighted by Gasteiger charge is -2.28. The summed E-state index contributed by atoms with van der Waals surface area (Å²) in [5, 5.41) is 3.52. The number of aryl methyl sites for hydroxylation is 3. The van der Waals surface area contributed by atoms with Crippen molar-refractivity contribution < 1.29 is 23.6 Å². The van der Waals surface area contributed by atoms with Gasteiger partial charge in [-0.25, -0.2) is 19.3 Å². The summed E-state index contributed by atoms with van der Waals surface area (Å²) in [5.74, 6) is 3.04. The average molecular weight is 699 g/mol. The monoisotopic (exact) mass is 698 g/mol. The number of hydrogen-bond acceptors (Lipinski definition) is 8. The van der Waals surface area contributed by atoms with E-state index in [1.165, 1.54) is 6.42 Å². The van der Waals surface area contributed by atoms with E-state index in [9.17, 15) is 4.79 Å². The van der Waals surface area contributed by atoms with Crippen molar-refractivity contribution in [2.24, 2.45) is 4.99 Å². The number of benzene rings is 1. The van der Waals surface area contributed by atoms with Crippen LogP contribution in [-0.2, 0) is 4.74 Å². The van der Waals surface area contributed by atoms with Crippen molar-refractivity contribution in [1.29, 1.82) is 0 Å². The Bertz CT molecular complexity index is 1760. The van der Waals surface area contributed by atoms with Gasteiger partial charge in [-0.05, 0) is 88.5 Å². The minimum atomic E-state index is -0.558. The number of pyridine rings is 2. The molecule has 0 aliphatic carbocycles. The van der Waals surface area contributed by atoms with Crippen LogP contribution >= 0.6 is 0 Å². The number of methoxy groups -OCH3 is 1. The summed E-state index contributed by atoms with van der Waals surface area (Å²) in [4.78, 5) is 30.3. The number of amidine groups is 1. The van der Waals surface area contributed by atoms with E-state index in [1.807, 2.05) is 101 Å². The van der Waals surface area contributed by atoms with Crippen LogP contribution in [-0.4, -0.2) is 77.0 Å². The number of nitrogens with zero attached hydrogens (tertiary/aromatic N) is 6. The van der Waals surface area contributed by atoms with E-state index in [-0.39, 0.29) is 6.09 Å². The molecule has 0 radical (unpaired) electrons. The molecule has 1 aromatic carbocycles. The van der Waals surface area contributed by atoms with Crippen LogP contribution in [0, 0.1) is 20.8 Å². The van der Waals surface area contributed by atoms with Crippen molar-refractivity contribution in [2.75, 3.05) is 44.0 Å². The van der Waals surface area contributed by atoms with E-state index in [2.05, 4.69) is 37.7 Å². The number of allylic oxidation sites excluding steroid dienone is 1. The molecule has 2 aromatic heterocycles. The minimum absolute atomic E-state index is 0.336. The Kier molecular flexibility index (Phi) is 14.8. The van der Waals surface area contributed by atoms with E-state index < -0.39 is 5.60 Å². The zero-order valence-electron chi connectivity index (χ0n) is 32.3. The highest BCUT2D eigenvalue weighted by molar-refractivity contribution is 6.11. The Morgan fingerprint density at radius 1 is 1.10 bits per heavy atom. The lowest BCUT2D eigenvalue weighted by atomic mass is 10.1. The molecule has 1 N–H and O–H groups in total. The topological polar surface area (TPSA) is 104 Å². The minimum Gasteiger partial charge on any atom is -0.489 e. The number of carbonyl (C=O) groups excluding carboxylic acids is 1. The standard InChI is InChI=1S/C37H48N7O4.C3H8/c1-11-13-16-38-34(41-28-14-15-30(26(4)21-28)47-31-22-25(3)29(24-39-31)42(9)12-2)32-27(5)23-40-35(33(32)46-10)43-17-19-44(20-18-43)36(45)48-37(6,7)8;1-3-2/h12-17,21-24H,2,11,18-20H2,1,3-10H3,(H,38,41);3H2,1-2H3/q+1;/b16-13+;. The predicted octanol–water partition coefficient (Wildman–Crippen LogP) is 8.95. The number of rotatable bonds is 10. The molecule has 11 heteroatoms. The highest BCUT2D eigenvalue weighted by Gasteiger charge is 2.31. The maximum absolute atomic E-state index is 12.6. The molecule has 3 aromatic rings. The van der Waals surface area contributed by atoms with E-state index in [0.29, 0.717) is 48.7 Å². The van der Waals surface area contributed by atoms with Crippen molar-refractivity contribution in [3.05, 3.63) is 84.0 Å². The largest absolute Gasteiger partial charge is 0.489 e. The summed E-state index contributed by atoms with van der Waals surface area (Å²) in [6, 6.07) is 7.78. The molecular weight excluding hydrogens is 642 g/mol. The molecule has 1 aliphatic rings. The lowest BCUT2D eigenvalue weighted by molar-refractivity contribution is -0.447. The first kappa shape index (κ1) is 40.2. The van der Waals surface area contributed by atoms with Gasteiger partial charge in [0, 0.05) is 30.6 Å². The molecule has 0 bridgehead atoms. The third-order valence-electron chi connectivity index (χ3n) is 7.61. The molecule has 0 saturated heterocycles. The number of ether oxygens (including phenoxy) is 3. The van der Waals surface area contributed by atoms with Crippen molar-refractivity contribution in [1.82, 2.24) is 14.9 Å². The quantitative estimate of drug-likeness (QED) is 0.127. The summed E-state index contributed by atoms with van der Waals surface area (Å²) < 4.78 is 19.8. The van der Waals surface area contributed by atoms with Crippen LogP contribution in [0.25, 0.3) is 0 Å². The smallest absolute Gasteiger partial charge is 0.410 e. The molecule has 0 fully saturated rings. The Balaban J connectivity index is 0.00000226. The lowest BCUT2D eigenvalue weighted by Crippen LogP contribution is -2.44. The van der Waals surface area contributed by atoms with Gasteiger partial charge < -0.3 is 24.4 Å². The number of anilines is 2. The number of aliphatic imine (C=N–C) groups is 1. The Labute approximate surface area is 304 Å². The number of carbonyl (C=O) groups is 1. The van der Waals surface area contributed by atoms with Crippen molar-refractivity contribution in [3.63, 3.8) is 0 Å². The molecule has 11 nitrogen and oxygen atoms in total. The number of nitrogens with one attached hydrogen (secondary N) is 1. The molecular formula is C40H56N7O4+. The van der Waals surface area contributed by atoms with Crippen molar-refractivity contribution in [3.8, 4) is 17.4 Å². The highest BCUT2D eigenvalue weighted by Crippen LogP contribution is 2.34. The third kappa shape index (κ3) is 11.2. The van der Waals surface area contributed by atoms with Crippen LogP contribution in [0.15, 0.2) is 66.7 Å². The van der Waals surface area contributed by atoms with Crippen LogP contribution in [0.2, 0.25) is 0 Å². The first-order chi connectivity index (χ1) is 24.3. The van der Waals surface area contributed by atoms with Gasteiger partial charge >= 0.3 is 11.9 Å². The SMILES string of the molecule is C=CN(C)c1cnc(Oc2ccc(NC(=N/C=C/CC)c3c(C)cnc([N+]4=CCN(C(=O)OC(C)(C)C)CC4)c3OC)cc2C)cc1C.CCC. The Hall–Kier alpha value is -5.19. The second kappa shape index (κ2) is 18.7. The van der Waals surface area contributed by atoms with Crippen LogP contribution in [0.4, 0.5) is 22.0 Å². The summed E-state index contributed by atoms with van der Waals surface area (Å²) in [6.45, 7) is 23.1. The van der Waals surface area contributed by atoms with Gasteiger partial charge in [-0.3, -0.25) is 4.90 Å². The first-order valence-electron chi connectivity index (χ1n) is 17.5. The maximum Gasteiger partial charge on any atom is 0.410 e. The van der Waals surface area contributed by atoms with Gasteiger partial charge in [0.25, 0.3) is 0 Å². The molecule has 3 heterocycles. The molecule has 274 valence electrons. The van der Waals surface area contributed by atoms with E-state index in [1.54, 1.807) is 30.6 Å². The molecule has 0 saturated carbocycles. The normalized spacial score (nSPS) is 13.2. The third-order valence-corrected chi connectivity index (χ3v) is 7.61. The van der Waals surface area contributed by atoms with Gasteiger partial charge in [-0.1, -0.05) is 39.8 Å². The molecule has 1 aliphatic heterocycles. The van der Waals surface area contributed by atoms with Gasteiger partial charge in [0.2, 0.25) is 11.6 Å². The molecule has 0 spiro atoms. The van der Waals surface area contributed by atoms with Gasteiger partial charge in [0.1, 0.15) is 29.9 Å². The van der Waals surface area contributed by atoms with E-state index in [4.69, 9.17) is 24.2 Å². The van der Waals surface area contributed by atoms with Gasteiger partial charge in [0.05, 0.1) is 43.9 Å². The van der Waals surface area contributed by atoms with Crippen molar-refractivity contribution in [2.45, 2.75) is 80.8 Å². The molecule has 51 heavy (non-hydrogen) atoms. The molecule has 0 atom stereocenters. The van der Waals surface area contributed by atoms with Gasteiger partial charge in [0.15, 0.2) is 0 Å². The Morgan fingerprint density at radius 3 is 2.39 bits per heavy atom. The molecule has 4 rings (SSSR count). The van der Waals surface area contributed by atoms with Crippen LogP contribution in [0.3, 0.4) is 0 Å². The zero-order chi connectivity index (χ0) is 37.7. The van der Waals surface area contributed by atoms with E-state index in [0.717, 1.165) is 40.0 Å². The summed E-state index contributed by atoms with van der Waals surface area (Å²) >= 11 is 0. The molecule has 1 amide bonds. The van der Waals surface area contributed by atoms with Crippen LogP contribution in [0.1, 0.15) is 76.6 Å². The fourth-order valence-electron chi connectivity index (χ4n) is 5.09. The van der Waals surface area contributed by atoms with Crippen LogP contribution < -0.4 is 19.7 Å². The summed E-state index contributed by atoms with van der Waals surface area (Å²) in [6.07, 6.45) is 12.8. The number of aromatic nitrogens is 2. The second-order valence-corrected chi connectivity index (χ2v) is 13.3. The fraction of sp³-hybridized carbons (Fsp3) is 0.425. The van der Waals surface area contributed by atoms with Gasteiger partial charge in [-0.2, -0.15) is 0 Å². The first-order valence-corrected chi connectivity index (χ1v) is 17.5. The maximum atomic E-state index is 12.6. The highest BCUT2D eigenvalue weighted by atomic mass is 16.6. The van der Waals surface area contributed by atoms with Gasteiger partial charge in [-0.15, -0.1) is 0 Å². The predicted molar refractivity (Wildman–Crippen MR) is 209 cm³/mol. The number of amides is 1. The average Bonchev–Trinajstić information content (AvgIpc) is 3.08. The summed E-state index contributed by atoms with van der Waals surface area (Å²) in [7, 11) is 3.56. The van der Waals surface area contributed by atoms with Crippen molar-refractivity contribution >= 4 is 35.3 Å². The summed E-state index contributed by atoms with van der Waals surface area (Å²) in [5.41, 5.74) is 4.86. The van der Waals surface area contributed by atoms with E-state index >= 15 is 0 Å². The number of hydrogen-bond donors (Lipinski definition) is 1. The second-order valence-electron chi connectivity index (χ2n) is 13.3. The zero-order valence-corrected chi connectivity index (χ0v) is 32.3. The van der Waals surface area contributed by atoms with Crippen LogP contribution in [0.5, 0.6) is 17.4 Å². The fourth-order valence-corrected chi connectivity index (χ4v) is 5.09. The Morgan fingerprint density at radius 2 is 1.82 bits per heavy atom. The molecule has 0 unspecified atom stereocenters.